The lowest BCUT2D eigenvalue weighted by Gasteiger charge is -2.13. The van der Waals surface area contributed by atoms with Crippen molar-refractivity contribution in [2.24, 2.45) is 4.99 Å². The molecule has 0 bridgehead atoms. The van der Waals surface area contributed by atoms with E-state index in [1.54, 1.807) is 12.3 Å². The maximum absolute atomic E-state index is 11.3. The van der Waals surface area contributed by atoms with E-state index < -0.39 is 5.69 Å². The Kier molecular flexibility index (Phi) is 4.36. The highest BCUT2D eigenvalue weighted by Gasteiger charge is 2.21. The second-order valence-electron chi connectivity index (χ2n) is 6.46. The lowest BCUT2D eigenvalue weighted by Crippen LogP contribution is -2.29. The monoisotopic (exact) mass is 372 g/mol. The molecule has 0 amide bonds. The van der Waals surface area contributed by atoms with Crippen LogP contribution < -0.4 is 21.8 Å². The van der Waals surface area contributed by atoms with Gasteiger partial charge in [-0.15, -0.1) is 0 Å². The fourth-order valence-electron chi connectivity index (χ4n) is 2.60. The predicted octanol–water partition coefficient (Wildman–Crippen LogP) is -1.36. The van der Waals surface area contributed by atoms with Gasteiger partial charge in [0.05, 0.1) is 24.9 Å². The third kappa shape index (κ3) is 3.53. The van der Waals surface area contributed by atoms with Gasteiger partial charge in [-0.1, -0.05) is 6.92 Å². The molecule has 1 atom stereocenters. The molecule has 0 unspecified atom stereocenters. The lowest BCUT2D eigenvalue weighted by atomic mass is 10.2. The van der Waals surface area contributed by atoms with Crippen LogP contribution in [0.25, 0.3) is 11.7 Å². The molecule has 0 radical (unpaired) electrons. The maximum Gasteiger partial charge on any atom is 0.326 e. The number of hydrogen-bond acceptors (Lipinski definition) is 8. The summed E-state index contributed by atoms with van der Waals surface area (Å²) in [6, 6.07) is 0.0547. The molecule has 3 aromatic rings. The number of aromatic nitrogens is 6. The smallest absolute Gasteiger partial charge is 0.326 e. The highest BCUT2D eigenvalue weighted by Crippen LogP contribution is 2.22. The average Bonchev–Trinajstić information content (AvgIpc) is 3.28. The summed E-state index contributed by atoms with van der Waals surface area (Å²) in [6.45, 7) is 1.90. The topological polar surface area (TPSA) is 157 Å². The van der Waals surface area contributed by atoms with Gasteiger partial charge in [-0.2, -0.15) is 19.6 Å². The van der Waals surface area contributed by atoms with E-state index in [4.69, 9.17) is 0 Å². The largest absolute Gasteiger partial charge is 0.493 e. The first kappa shape index (κ1) is 17.2. The summed E-state index contributed by atoms with van der Waals surface area (Å²) in [5.41, 5.74) is 0.612. The van der Waals surface area contributed by atoms with E-state index in [1.165, 1.54) is 4.52 Å². The van der Waals surface area contributed by atoms with Crippen LogP contribution in [0.4, 0.5) is 5.95 Å². The van der Waals surface area contributed by atoms with E-state index in [9.17, 15) is 15.0 Å². The Hall–Kier alpha value is -3.21. The molecule has 11 nitrogen and oxygen atoms in total. The van der Waals surface area contributed by atoms with Gasteiger partial charge in [0.15, 0.2) is 5.65 Å². The van der Waals surface area contributed by atoms with Gasteiger partial charge in [-0.3, -0.25) is 4.98 Å². The van der Waals surface area contributed by atoms with Crippen LogP contribution in [0.15, 0.2) is 16.0 Å². The second-order valence-corrected chi connectivity index (χ2v) is 6.46. The minimum absolute atomic E-state index is 0.0448. The zero-order valence-corrected chi connectivity index (χ0v) is 14.7. The molecule has 0 aliphatic heterocycles. The highest BCUT2D eigenvalue weighted by atomic mass is 16.3. The molecule has 27 heavy (non-hydrogen) atoms. The van der Waals surface area contributed by atoms with Crippen molar-refractivity contribution in [1.29, 1.82) is 0 Å². The van der Waals surface area contributed by atoms with Crippen molar-refractivity contribution >= 4 is 17.7 Å². The van der Waals surface area contributed by atoms with Gasteiger partial charge in [-0.05, 0) is 25.3 Å². The molecule has 0 aromatic carbocycles. The number of aromatic hydroxyl groups is 1. The van der Waals surface area contributed by atoms with Crippen molar-refractivity contribution in [1.82, 2.24) is 29.5 Å². The Morgan fingerprint density at radius 1 is 1.44 bits per heavy atom. The number of H-pyrrole nitrogens is 2. The van der Waals surface area contributed by atoms with Gasteiger partial charge in [-0.25, -0.2) is 9.79 Å². The molecular formula is C16H20N8O3. The van der Waals surface area contributed by atoms with Crippen LogP contribution in [-0.4, -0.2) is 58.5 Å². The minimum Gasteiger partial charge on any atom is -0.493 e. The highest BCUT2D eigenvalue weighted by molar-refractivity contribution is 5.57. The van der Waals surface area contributed by atoms with Gasteiger partial charge in [0.1, 0.15) is 5.69 Å². The first-order valence-corrected chi connectivity index (χ1v) is 8.77. The number of imidazole rings is 1. The number of fused-ring (bicyclic) bond motifs is 1. The van der Waals surface area contributed by atoms with Gasteiger partial charge >= 0.3 is 5.69 Å². The number of aromatic amines is 2. The summed E-state index contributed by atoms with van der Waals surface area (Å²) in [6.07, 6.45) is 5.86. The summed E-state index contributed by atoms with van der Waals surface area (Å²) >= 11 is 0. The molecule has 3 heterocycles. The summed E-state index contributed by atoms with van der Waals surface area (Å²) in [7, 11) is 0. The van der Waals surface area contributed by atoms with Crippen molar-refractivity contribution in [3.8, 4) is 5.88 Å². The van der Waals surface area contributed by atoms with E-state index in [0.717, 1.165) is 12.8 Å². The molecule has 1 aliphatic carbocycles. The zero-order chi connectivity index (χ0) is 19.0. The van der Waals surface area contributed by atoms with Gasteiger partial charge in [0.2, 0.25) is 11.8 Å². The van der Waals surface area contributed by atoms with Crippen LogP contribution in [0.2, 0.25) is 0 Å². The van der Waals surface area contributed by atoms with Crippen molar-refractivity contribution in [2.75, 3.05) is 11.9 Å². The van der Waals surface area contributed by atoms with Crippen LogP contribution in [0.3, 0.4) is 0 Å². The Bertz CT molecular complexity index is 1140. The molecule has 3 aromatic heterocycles. The van der Waals surface area contributed by atoms with E-state index in [-0.39, 0.29) is 30.3 Å². The summed E-state index contributed by atoms with van der Waals surface area (Å²) in [5, 5.41) is 27.2. The fourth-order valence-corrected chi connectivity index (χ4v) is 2.60. The van der Waals surface area contributed by atoms with Crippen LogP contribution in [0.5, 0.6) is 5.88 Å². The van der Waals surface area contributed by atoms with Crippen LogP contribution in [-0.2, 0) is 0 Å². The molecular weight excluding hydrogens is 352 g/mol. The zero-order valence-electron chi connectivity index (χ0n) is 14.7. The van der Waals surface area contributed by atoms with Crippen molar-refractivity contribution in [3.05, 3.63) is 33.2 Å². The molecule has 1 saturated carbocycles. The minimum atomic E-state index is -0.509. The lowest BCUT2D eigenvalue weighted by molar-refractivity contribution is 0.271. The van der Waals surface area contributed by atoms with Crippen molar-refractivity contribution in [3.63, 3.8) is 0 Å². The van der Waals surface area contributed by atoms with Crippen LogP contribution in [0.1, 0.15) is 31.9 Å². The normalized spacial score (nSPS) is 17.0. The Morgan fingerprint density at radius 3 is 2.89 bits per heavy atom. The van der Waals surface area contributed by atoms with E-state index in [2.05, 4.69) is 35.3 Å². The predicted molar refractivity (Wildman–Crippen MR) is 96.0 cm³/mol. The molecule has 142 valence electrons. The molecule has 11 heteroatoms. The summed E-state index contributed by atoms with van der Waals surface area (Å²) in [5.74, 6) is 0.0747. The van der Waals surface area contributed by atoms with Crippen LogP contribution >= 0.6 is 0 Å². The SMILES string of the molecule is CC[C@@H](CO)Nc1nc(=NC2CC2)n2ncc(=Cc3[nH]c(=O)[nH]c3O)c2n1. The summed E-state index contributed by atoms with van der Waals surface area (Å²) < 4.78 is 1.52. The Labute approximate surface area is 152 Å². The quantitative estimate of drug-likeness (QED) is 0.358. The first-order chi connectivity index (χ1) is 13.1. The number of anilines is 1. The van der Waals surface area contributed by atoms with Crippen molar-refractivity contribution in [2.45, 2.75) is 38.3 Å². The van der Waals surface area contributed by atoms with Crippen LogP contribution in [0, 0.1) is 0 Å². The number of hydrogen-bond donors (Lipinski definition) is 5. The number of aliphatic hydroxyl groups excluding tert-OH is 1. The molecule has 0 spiro atoms. The van der Waals surface area contributed by atoms with E-state index in [0.29, 0.717) is 28.9 Å². The summed E-state index contributed by atoms with van der Waals surface area (Å²) in [4.78, 5) is 29.6. The number of aliphatic hydroxyl groups is 1. The fraction of sp³-hybridized carbons (Fsp3) is 0.438. The van der Waals surface area contributed by atoms with Gasteiger partial charge in [0.25, 0.3) is 5.62 Å². The molecule has 4 rings (SSSR count). The third-order valence-corrected chi connectivity index (χ3v) is 4.30. The molecule has 0 saturated heterocycles. The standard InChI is InChI=1S/C16H20N8O3/c1-2-9(7-25)18-14-21-12-8(5-11-13(26)22-16(27)20-11)6-17-24(12)15(23-14)19-10-3-4-10/h5-6,9-10,25-26H,2-4,7H2,1H3,(H,18,19,23)(H2,20,22,27)/t9-/m0/s1. The first-order valence-electron chi connectivity index (χ1n) is 8.77. The Balaban J connectivity index is 1.89. The second kappa shape index (κ2) is 6.83. The third-order valence-electron chi connectivity index (χ3n) is 4.30. The Morgan fingerprint density at radius 2 is 2.26 bits per heavy atom. The average molecular weight is 372 g/mol. The molecule has 1 aliphatic rings. The molecule has 1 fully saturated rings. The van der Waals surface area contributed by atoms with E-state index in [1.807, 2.05) is 6.92 Å². The molecule has 5 N–H and O–H groups in total. The number of rotatable bonds is 6. The maximum atomic E-state index is 11.3. The van der Waals surface area contributed by atoms with Crippen molar-refractivity contribution < 1.29 is 10.2 Å². The number of nitrogens with zero attached hydrogens (tertiary/aromatic N) is 5. The van der Waals surface area contributed by atoms with Gasteiger partial charge in [0, 0.05) is 5.22 Å². The number of nitrogens with one attached hydrogen (secondary N) is 3. The van der Waals surface area contributed by atoms with E-state index >= 15 is 0 Å². The van der Waals surface area contributed by atoms with Gasteiger partial charge < -0.3 is 20.5 Å².